The molecule has 1 unspecified atom stereocenters. The Morgan fingerprint density at radius 2 is 2.29 bits per heavy atom. The van der Waals surface area contributed by atoms with Crippen LogP contribution in [0.4, 0.5) is 8.78 Å². The van der Waals surface area contributed by atoms with E-state index in [1.165, 1.54) is 36.5 Å². The SMILES string of the molecule is N#Cc1ccc(/C(F)=C/c2ccc(F)c([C@@]34COC[C@@H]3CSC(N)N4)c2)nc1. The van der Waals surface area contributed by atoms with Crippen molar-refractivity contribution in [3.05, 3.63) is 64.7 Å². The fourth-order valence-electron chi connectivity index (χ4n) is 3.66. The molecule has 0 aliphatic carbocycles. The van der Waals surface area contributed by atoms with E-state index in [0.717, 1.165) is 5.75 Å². The van der Waals surface area contributed by atoms with Gasteiger partial charge in [-0.2, -0.15) is 5.26 Å². The molecule has 0 radical (unpaired) electrons. The van der Waals surface area contributed by atoms with Crippen LogP contribution in [0.5, 0.6) is 0 Å². The molecule has 8 heteroatoms. The van der Waals surface area contributed by atoms with Crippen molar-refractivity contribution in [1.82, 2.24) is 10.3 Å². The average Bonchev–Trinajstić information content (AvgIpc) is 3.13. The number of nitrogens with one attached hydrogen (secondary N) is 1. The van der Waals surface area contributed by atoms with Gasteiger partial charge in [-0.3, -0.25) is 10.3 Å². The molecule has 3 N–H and O–H groups in total. The van der Waals surface area contributed by atoms with E-state index in [2.05, 4.69) is 10.3 Å². The number of halogens is 2. The Hall–Kier alpha value is -2.31. The van der Waals surface area contributed by atoms with Crippen LogP contribution in [0.2, 0.25) is 0 Å². The van der Waals surface area contributed by atoms with Gasteiger partial charge in [0.25, 0.3) is 0 Å². The van der Waals surface area contributed by atoms with Gasteiger partial charge in [0.2, 0.25) is 0 Å². The van der Waals surface area contributed by atoms with Gasteiger partial charge in [-0.05, 0) is 35.9 Å². The van der Waals surface area contributed by atoms with Crippen LogP contribution in [0.3, 0.4) is 0 Å². The van der Waals surface area contributed by atoms with E-state index in [9.17, 15) is 8.78 Å². The van der Waals surface area contributed by atoms with E-state index in [1.807, 2.05) is 6.07 Å². The highest BCUT2D eigenvalue weighted by Gasteiger charge is 2.50. The molecule has 2 aliphatic rings. The lowest BCUT2D eigenvalue weighted by molar-refractivity contribution is 0.163. The number of nitrogens with two attached hydrogens (primary N) is 1. The Morgan fingerprint density at radius 1 is 1.43 bits per heavy atom. The van der Waals surface area contributed by atoms with Crippen LogP contribution in [-0.4, -0.2) is 29.4 Å². The molecule has 28 heavy (non-hydrogen) atoms. The first-order valence-corrected chi connectivity index (χ1v) is 9.83. The maximum atomic E-state index is 14.8. The van der Waals surface area contributed by atoms with Crippen molar-refractivity contribution in [2.24, 2.45) is 11.7 Å². The van der Waals surface area contributed by atoms with Crippen LogP contribution in [0.15, 0.2) is 36.5 Å². The highest BCUT2D eigenvalue weighted by atomic mass is 32.2. The van der Waals surface area contributed by atoms with Gasteiger partial charge >= 0.3 is 0 Å². The van der Waals surface area contributed by atoms with Crippen molar-refractivity contribution in [1.29, 1.82) is 5.26 Å². The summed E-state index contributed by atoms with van der Waals surface area (Å²) in [5.74, 6) is -0.105. The Bertz CT molecular complexity index is 960. The first-order valence-electron chi connectivity index (χ1n) is 8.78. The average molecular weight is 400 g/mol. The van der Waals surface area contributed by atoms with Crippen molar-refractivity contribution in [3.8, 4) is 6.07 Å². The van der Waals surface area contributed by atoms with Crippen molar-refractivity contribution in [3.63, 3.8) is 0 Å². The number of pyridine rings is 1. The van der Waals surface area contributed by atoms with Gasteiger partial charge in [0.1, 0.15) is 23.2 Å². The topological polar surface area (TPSA) is 84.0 Å². The van der Waals surface area contributed by atoms with E-state index in [0.29, 0.717) is 29.9 Å². The number of hydrogen-bond donors (Lipinski definition) is 2. The number of thioether (sulfide) groups is 1. The molecule has 2 saturated heterocycles. The lowest BCUT2D eigenvalue weighted by atomic mass is 9.80. The molecule has 2 aromatic rings. The molecule has 144 valence electrons. The van der Waals surface area contributed by atoms with E-state index in [1.54, 1.807) is 17.8 Å². The lowest BCUT2D eigenvalue weighted by Crippen LogP contribution is -2.59. The number of aromatic nitrogens is 1. The van der Waals surface area contributed by atoms with E-state index >= 15 is 0 Å². The number of rotatable bonds is 3. The summed E-state index contributed by atoms with van der Waals surface area (Å²) in [6, 6.07) is 9.36. The fourth-order valence-corrected chi connectivity index (χ4v) is 4.77. The smallest absolute Gasteiger partial charge is 0.149 e. The second kappa shape index (κ2) is 7.60. The number of fused-ring (bicyclic) bond motifs is 1. The van der Waals surface area contributed by atoms with Crippen LogP contribution in [0.25, 0.3) is 11.9 Å². The van der Waals surface area contributed by atoms with Crippen molar-refractivity contribution >= 4 is 23.7 Å². The number of benzene rings is 1. The summed E-state index contributed by atoms with van der Waals surface area (Å²) in [6.45, 7) is 0.839. The minimum Gasteiger partial charge on any atom is -0.379 e. The third-order valence-corrected chi connectivity index (χ3v) is 6.20. The Balaban J connectivity index is 1.70. The Morgan fingerprint density at radius 3 is 3.04 bits per heavy atom. The van der Waals surface area contributed by atoms with Crippen LogP contribution in [-0.2, 0) is 10.3 Å². The normalized spacial score (nSPS) is 27.3. The van der Waals surface area contributed by atoms with Gasteiger partial charge in [-0.1, -0.05) is 6.07 Å². The molecule has 3 heterocycles. The fraction of sp³-hybridized carbons (Fsp3) is 0.300. The summed E-state index contributed by atoms with van der Waals surface area (Å²) in [5.41, 5.74) is 6.41. The zero-order valence-electron chi connectivity index (χ0n) is 14.9. The number of nitriles is 1. The summed E-state index contributed by atoms with van der Waals surface area (Å²) in [4.78, 5) is 3.95. The molecule has 1 aromatic carbocycles. The number of nitrogens with zero attached hydrogens (tertiary/aromatic N) is 2. The van der Waals surface area contributed by atoms with Crippen LogP contribution >= 0.6 is 11.8 Å². The third kappa shape index (κ3) is 3.42. The molecule has 2 fully saturated rings. The molecule has 0 bridgehead atoms. The second-order valence-electron chi connectivity index (χ2n) is 6.86. The minimum atomic E-state index is -0.720. The molecule has 0 spiro atoms. The zero-order valence-corrected chi connectivity index (χ0v) is 15.7. The largest absolute Gasteiger partial charge is 0.379 e. The Labute approximate surface area is 165 Å². The molecule has 3 atom stereocenters. The van der Waals surface area contributed by atoms with Crippen LogP contribution in [0.1, 0.15) is 22.4 Å². The number of hydrogen-bond acceptors (Lipinski definition) is 6. The first kappa shape index (κ1) is 19.0. The number of ether oxygens (including phenoxy) is 1. The monoisotopic (exact) mass is 400 g/mol. The van der Waals surface area contributed by atoms with Gasteiger partial charge in [0.05, 0.1) is 30.0 Å². The molecular weight excluding hydrogens is 382 g/mol. The third-order valence-electron chi connectivity index (χ3n) is 5.12. The van der Waals surface area contributed by atoms with E-state index in [4.69, 9.17) is 15.7 Å². The molecular formula is C20H18F2N4OS. The maximum Gasteiger partial charge on any atom is 0.149 e. The Kier molecular flexibility index (Phi) is 5.17. The van der Waals surface area contributed by atoms with Gasteiger partial charge < -0.3 is 10.5 Å². The minimum absolute atomic E-state index is 0.0797. The highest BCUT2D eigenvalue weighted by molar-refractivity contribution is 7.99. The predicted octanol–water partition coefficient (Wildman–Crippen LogP) is 2.98. The maximum absolute atomic E-state index is 14.8. The second-order valence-corrected chi connectivity index (χ2v) is 8.03. The van der Waals surface area contributed by atoms with Crippen molar-refractivity contribution in [2.75, 3.05) is 19.0 Å². The van der Waals surface area contributed by atoms with Crippen LogP contribution < -0.4 is 11.1 Å². The van der Waals surface area contributed by atoms with Crippen molar-refractivity contribution in [2.45, 2.75) is 11.0 Å². The molecule has 5 nitrogen and oxygen atoms in total. The highest BCUT2D eigenvalue weighted by Crippen LogP contribution is 2.43. The molecule has 1 aromatic heterocycles. The zero-order chi connectivity index (χ0) is 19.7. The predicted molar refractivity (Wildman–Crippen MR) is 104 cm³/mol. The lowest BCUT2D eigenvalue weighted by Gasteiger charge is -2.42. The summed E-state index contributed by atoms with van der Waals surface area (Å²) in [7, 11) is 0. The molecule has 2 aliphatic heterocycles. The van der Waals surface area contributed by atoms with Gasteiger partial charge in [-0.25, -0.2) is 8.78 Å². The summed E-state index contributed by atoms with van der Waals surface area (Å²) < 4.78 is 35.0. The summed E-state index contributed by atoms with van der Waals surface area (Å²) in [5, 5.41) is 12.1. The quantitative estimate of drug-likeness (QED) is 0.824. The van der Waals surface area contributed by atoms with Crippen molar-refractivity contribution < 1.29 is 13.5 Å². The van der Waals surface area contributed by atoms with Gasteiger partial charge in [-0.15, -0.1) is 11.8 Å². The molecule has 0 amide bonds. The van der Waals surface area contributed by atoms with Crippen LogP contribution in [0, 0.1) is 23.1 Å². The molecule has 4 rings (SSSR count). The summed E-state index contributed by atoms with van der Waals surface area (Å²) in [6.07, 6.45) is 2.61. The van der Waals surface area contributed by atoms with Gasteiger partial charge in [0, 0.05) is 23.4 Å². The standard InChI is InChI=1S/C20H18F2N4OS/c21-16-3-1-12(6-17(22)18-4-2-13(7-23)8-25-18)5-15(16)20-11-27-9-14(20)10-28-19(24)26-20/h1-6,8,14,19,26H,9-11,24H2/b17-6-/t14-,19?,20-/m1/s1. The van der Waals surface area contributed by atoms with E-state index in [-0.39, 0.29) is 22.9 Å². The summed E-state index contributed by atoms with van der Waals surface area (Å²) >= 11 is 1.57. The van der Waals surface area contributed by atoms with E-state index < -0.39 is 11.4 Å². The molecule has 0 saturated carbocycles. The van der Waals surface area contributed by atoms with Gasteiger partial charge in [0.15, 0.2) is 0 Å². The first-order chi connectivity index (χ1) is 13.5.